The van der Waals surface area contributed by atoms with E-state index in [4.69, 9.17) is 0 Å². The van der Waals surface area contributed by atoms with Crippen LogP contribution in [0.2, 0.25) is 0 Å². The predicted octanol–water partition coefficient (Wildman–Crippen LogP) is 6.88. The first kappa shape index (κ1) is 23.9. The Hall–Kier alpha value is -0.0800. The lowest BCUT2D eigenvalue weighted by molar-refractivity contribution is 0.0586. The smallest absolute Gasteiger partial charge is 0.106 e. The van der Waals surface area contributed by atoms with E-state index in [9.17, 15) is 0 Å². The predicted molar refractivity (Wildman–Crippen MR) is 111 cm³/mol. The van der Waals surface area contributed by atoms with Crippen LogP contribution in [-0.4, -0.2) is 31.2 Å². The van der Waals surface area contributed by atoms with Gasteiger partial charge in [0.05, 0.1) is 13.1 Å². The fraction of sp³-hybridized carbons (Fsp3) is 1.00. The molecule has 0 saturated heterocycles. The minimum absolute atomic E-state index is 1.28. The van der Waals surface area contributed by atoms with Gasteiger partial charge < -0.3 is 0 Å². The molecule has 0 saturated carbocycles. The Bertz CT molecular complexity index is 208. The van der Waals surface area contributed by atoms with E-state index in [-0.39, 0.29) is 0 Å². The molecule has 24 heavy (non-hydrogen) atoms. The van der Waals surface area contributed by atoms with Gasteiger partial charge in [0, 0.05) is 12.8 Å². The van der Waals surface area contributed by atoms with Gasteiger partial charge in [0.1, 0.15) is 13.1 Å². The molecule has 0 bridgehead atoms. The van der Waals surface area contributed by atoms with Gasteiger partial charge in [-0.15, -0.1) is 5.01 Å². The first-order chi connectivity index (χ1) is 11.8. The summed E-state index contributed by atoms with van der Waals surface area (Å²) in [7, 11) is 0. The molecule has 0 fully saturated rings. The zero-order valence-electron chi connectivity index (χ0n) is 17.6. The molecular formula is C22H48N2+. The molecule has 145 valence electrons. The van der Waals surface area contributed by atoms with Crippen molar-refractivity contribution in [2.75, 3.05) is 26.2 Å². The van der Waals surface area contributed by atoms with Crippen LogP contribution in [0.3, 0.4) is 0 Å². The van der Waals surface area contributed by atoms with Crippen LogP contribution >= 0.6 is 0 Å². The van der Waals surface area contributed by atoms with Crippen molar-refractivity contribution in [1.29, 1.82) is 0 Å². The van der Waals surface area contributed by atoms with E-state index < -0.39 is 0 Å². The largest absolute Gasteiger partial charge is 0.144 e. The molecule has 0 amide bonds. The number of hydrogen-bond acceptors (Lipinski definition) is 2. The molecule has 0 rings (SSSR count). The molecule has 0 aliphatic heterocycles. The van der Waals surface area contributed by atoms with E-state index in [0.29, 0.717) is 0 Å². The summed E-state index contributed by atoms with van der Waals surface area (Å²) < 4.78 is 0. The lowest BCUT2D eigenvalue weighted by atomic mass is 10.2. The molecular weight excluding hydrogens is 292 g/mol. The standard InChI is InChI=1S/C22H48N2/c1-5-9-13-17-21-24(22-18-14-10-6-2)23(19-15-11-7-3)20-16-12-8-4/h5-22H2,1-4H3/q+1. The quantitative estimate of drug-likeness (QED) is 0.141. The van der Waals surface area contributed by atoms with Crippen LogP contribution in [0.5, 0.6) is 0 Å². The van der Waals surface area contributed by atoms with Crippen LogP contribution in [0.1, 0.15) is 118 Å². The Balaban J connectivity index is 4.46. The summed E-state index contributed by atoms with van der Waals surface area (Å²) in [4.78, 5) is 0. The highest BCUT2D eigenvalue weighted by atomic mass is 15.6. The van der Waals surface area contributed by atoms with E-state index in [1.165, 1.54) is 116 Å². The Morgan fingerprint density at radius 1 is 0.458 bits per heavy atom. The van der Waals surface area contributed by atoms with Crippen molar-refractivity contribution in [1.82, 2.24) is 10.0 Å². The maximum atomic E-state index is 2.73. The third-order valence-corrected chi connectivity index (χ3v) is 4.98. The average molecular weight is 341 g/mol. The zero-order valence-corrected chi connectivity index (χ0v) is 17.6. The first-order valence-corrected chi connectivity index (χ1v) is 11.3. The monoisotopic (exact) mass is 340 g/mol. The maximum Gasteiger partial charge on any atom is 0.144 e. The van der Waals surface area contributed by atoms with E-state index in [0.717, 1.165) is 0 Å². The highest BCUT2D eigenvalue weighted by Gasteiger charge is 2.24. The topological polar surface area (TPSA) is 9.14 Å². The second-order valence-corrected chi connectivity index (χ2v) is 7.44. The van der Waals surface area contributed by atoms with Crippen LogP contribution in [0.25, 0.3) is 0 Å². The van der Waals surface area contributed by atoms with E-state index in [1.807, 2.05) is 0 Å². The summed E-state index contributed by atoms with van der Waals surface area (Å²) in [5.74, 6) is 0. The van der Waals surface area contributed by atoms with Crippen molar-refractivity contribution in [3.63, 3.8) is 0 Å². The van der Waals surface area contributed by atoms with Gasteiger partial charge in [-0.05, 0) is 25.7 Å². The van der Waals surface area contributed by atoms with Crippen molar-refractivity contribution in [3.8, 4) is 0 Å². The average Bonchev–Trinajstić information content (AvgIpc) is 2.59. The molecule has 0 aliphatic carbocycles. The first-order valence-electron chi connectivity index (χ1n) is 11.3. The number of rotatable bonds is 19. The molecule has 0 N–H and O–H groups in total. The molecule has 0 aromatic carbocycles. The normalized spacial score (nSPS) is 11.8. The van der Waals surface area contributed by atoms with Crippen molar-refractivity contribution >= 4 is 0 Å². The fourth-order valence-corrected chi connectivity index (χ4v) is 3.32. The SMILES string of the molecule is CCCCCC[N+](CCCCCC)N(CCCCC)CCCCC. The van der Waals surface area contributed by atoms with Gasteiger partial charge in [0.2, 0.25) is 0 Å². The van der Waals surface area contributed by atoms with Crippen LogP contribution in [0, 0.1) is 0 Å². The zero-order chi connectivity index (χ0) is 17.9. The summed E-state index contributed by atoms with van der Waals surface area (Å²) in [5.41, 5.74) is 0. The third kappa shape index (κ3) is 14.3. The minimum atomic E-state index is 1.28. The van der Waals surface area contributed by atoms with Crippen molar-refractivity contribution in [3.05, 3.63) is 0 Å². The summed E-state index contributed by atoms with van der Waals surface area (Å²) in [6, 6.07) is 0. The Labute approximate surface area is 154 Å². The second-order valence-electron chi connectivity index (χ2n) is 7.44. The Morgan fingerprint density at radius 2 is 0.833 bits per heavy atom. The highest BCUT2D eigenvalue weighted by molar-refractivity contribution is 4.66. The number of hydrogen-bond donors (Lipinski definition) is 0. The van der Waals surface area contributed by atoms with Crippen LogP contribution in [0.15, 0.2) is 0 Å². The van der Waals surface area contributed by atoms with Gasteiger partial charge in [0.25, 0.3) is 0 Å². The molecule has 0 aromatic rings. The molecule has 2 nitrogen and oxygen atoms in total. The maximum absolute atomic E-state index is 2.73. The highest BCUT2D eigenvalue weighted by Crippen LogP contribution is 2.10. The molecule has 2 heteroatoms. The van der Waals surface area contributed by atoms with Gasteiger partial charge in [-0.3, -0.25) is 0 Å². The van der Waals surface area contributed by atoms with Gasteiger partial charge in [0.15, 0.2) is 0 Å². The van der Waals surface area contributed by atoms with Crippen molar-refractivity contribution < 1.29 is 0 Å². The van der Waals surface area contributed by atoms with Crippen LogP contribution < -0.4 is 5.01 Å². The van der Waals surface area contributed by atoms with Gasteiger partial charge in [-0.25, -0.2) is 0 Å². The van der Waals surface area contributed by atoms with E-state index in [2.05, 4.69) is 37.7 Å². The Morgan fingerprint density at radius 3 is 1.21 bits per heavy atom. The molecule has 0 atom stereocenters. The lowest BCUT2D eigenvalue weighted by Crippen LogP contribution is -2.49. The molecule has 0 aliphatic rings. The molecule has 1 radical (unpaired) electrons. The molecule has 0 spiro atoms. The van der Waals surface area contributed by atoms with Gasteiger partial charge in [-0.2, -0.15) is 0 Å². The van der Waals surface area contributed by atoms with Crippen molar-refractivity contribution in [2.45, 2.75) is 118 Å². The third-order valence-electron chi connectivity index (χ3n) is 4.98. The Kier molecular flexibility index (Phi) is 19.2. The van der Waals surface area contributed by atoms with E-state index in [1.54, 1.807) is 0 Å². The van der Waals surface area contributed by atoms with Gasteiger partial charge in [-0.1, -0.05) is 84.1 Å². The summed E-state index contributed by atoms with van der Waals surface area (Å²) in [6.45, 7) is 14.4. The fourth-order valence-electron chi connectivity index (χ4n) is 3.32. The summed E-state index contributed by atoms with van der Waals surface area (Å²) in [6.07, 6.45) is 19.2. The molecule has 0 unspecified atom stereocenters. The summed E-state index contributed by atoms with van der Waals surface area (Å²) in [5, 5.41) is 5.46. The second kappa shape index (κ2) is 19.2. The van der Waals surface area contributed by atoms with Crippen LogP contribution in [-0.2, 0) is 0 Å². The lowest BCUT2D eigenvalue weighted by Gasteiger charge is -2.25. The molecule has 0 aromatic heterocycles. The minimum Gasteiger partial charge on any atom is -0.106 e. The number of hydrazine groups is 1. The van der Waals surface area contributed by atoms with Crippen molar-refractivity contribution in [2.24, 2.45) is 0 Å². The molecule has 0 heterocycles. The van der Waals surface area contributed by atoms with Crippen LogP contribution in [0.4, 0.5) is 0 Å². The van der Waals surface area contributed by atoms with E-state index >= 15 is 0 Å². The van der Waals surface area contributed by atoms with Gasteiger partial charge >= 0.3 is 0 Å². The summed E-state index contributed by atoms with van der Waals surface area (Å²) >= 11 is 0. The number of unbranched alkanes of at least 4 members (excludes halogenated alkanes) is 10. The number of nitrogens with zero attached hydrogens (tertiary/aromatic N) is 2.